The van der Waals surface area contributed by atoms with E-state index in [4.69, 9.17) is 4.74 Å². The Bertz CT molecular complexity index is 815. The highest BCUT2D eigenvalue weighted by Gasteiger charge is 2.04. The van der Waals surface area contributed by atoms with Gasteiger partial charge < -0.3 is 10.1 Å². The molecule has 0 atom stereocenters. The van der Waals surface area contributed by atoms with Crippen LogP contribution in [-0.4, -0.2) is 5.91 Å². The third-order valence-electron chi connectivity index (χ3n) is 3.66. The number of carbonyl (C=O) groups excluding carboxylic acids is 1. The zero-order valence-electron chi connectivity index (χ0n) is 13.6. The molecule has 0 aliphatic heterocycles. The van der Waals surface area contributed by atoms with Crippen molar-refractivity contribution in [3.8, 4) is 5.75 Å². The maximum atomic E-state index is 12.1. The fraction of sp³-hybridized carbons (Fsp3) is 0.0952. The molecule has 0 aromatic heterocycles. The van der Waals surface area contributed by atoms with Crippen LogP contribution in [-0.2, 0) is 17.8 Å². The summed E-state index contributed by atoms with van der Waals surface area (Å²) in [7, 11) is 0. The number of halogens is 1. The number of hydrogen-bond donors (Lipinski definition) is 1. The Hall–Kier alpha value is -2.59. The van der Waals surface area contributed by atoms with Crippen molar-refractivity contribution in [1.82, 2.24) is 0 Å². The van der Waals surface area contributed by atoms with E-state index >= 15 is 0 Å². The second-order valence-corrected chi connectivity index (χ2v) is 6.57. The normalized spacial score (nSPS) is 10.3. The van der Waals surface area contributed by atoms with Crippen LogP contribution in [0.2, 0.25) is 0 Å². The van der Waals surface area contributed by atoms with Crippen LogP contribution in [0.25, 0.3) is 0 Å². The molecular weight excluding hydrogens is 378 g/mol. The Balaban J connectivity index is 1.51. The molecule has 0 aliphatic carbocycles. The van der Waals surface area contributed by atoms with E-state index in [1.165, 1.54) is 0 Å². The number of carbonyl (C=O) groups is 1. The predicted octanol–water partition coefficient (Wildman–Crippen LogP) is 5.21. The smallest absolute Gasteiger partial charge is 0.228 e. The van der Waals surface area contributed by atoms with Crippen LogP contribution in [0.5, 0.6) is 5.75 Å². The summed E-state index contributed by atoms with van der Waals surface area (Å²) >= 11 is 3.39. The van der Waals surface area contributed by atoms with Gasteiger partial charge in [-0.05, 0) is 47.5 Å². The van der Waals surface area contributed by atoms with Crippen molar-refractivity contribution in [3.05, 3.63) is 94.5 Å². The molecule has 25 heavy (non-hydrogen) atoms. The molecule has 3 aromatic carbocycles. The van der Waals surface area contributed by atoms with Crippen molar-refractivity contribution in [2.45, 2.75) is 13.0 Å². The highest BCUT2D eigenvalue weighted by molar-refractivity contribution is 9.10. The highest BCUT2D eigenvalue weighted by Crippen LogP contribution is 2.18. The van der Waals surface area contributed by atoms with Crippen molar-refractivity contribution in [2.75, 3.05) is 5.32 Å². The lowest BCUT2D eigenvalue weighted by atomic mass is 10.1. The van der Waals surface area contributed by atoms with E-state index in [1.807, 2.05) is 78.9 Å². The first-order valence-corrected chi connectivity index (χ1v) is 8.79. The first-order valence-electron chi connectivity index (χ1n) is 8.00. The summed E-state index contributed by atoms with van der Waals surface area (Å²) in [6.45, 7) is 0.524. The second-order valence-electron chi connectivity index (χ2n) is 5.65. The lowest BCUT2D eigenvalue weighted by Crippen LogP contribution is -2.14. The molecule has 0 radical (unpaired) electrons. The summed E-state index contributed by atoms with van der Waals surface area (Å²) in [6, 6.07) is 25.2. The SMILES string of the molecule is O=C(Cc1ccc(Br)cc1)Nc1ccc(OCc2ccccc2)cc1. The van der Waals surface area contributed by atoms with E-state index in [9.17, 15) is 4.79 Å². The van der Waals surface area contributed by atoms with Crippen LogP contribution < -0.4 is 10.1 Å². The first kappa shape index (κ1) is 17.2. The van der Waals surface area contributed by atoms with E-state index < -0.39 is 0 Å². The van der Waals surface area contributed by atoms with E-state index in [0.717, 1.165) is 27.0 Å². The lowest BCUT2D eigenvalue weighted by Gasteiger charge is -2.09. The van der Waals surface area contributed by atoms with Gasteiger partial charge in [0.1, 0.15) is 12.4 Å². The van der Waals surface area contributed by atoms with Gasteiger partial charge in [0.05, 0.1) is 6.42 Å². The quantitative estimate of drug-likeness (QED) is 0.621. The topological polar surface area (TPSA) is 38.3 Å². The largest absolute Gasteiger partial charge is 0.489 e. The van der Waals surface area contributed by atoms with Gasteiger partial charge in [-0.1, -0.05) is 58.4 Å². The third-order valence-corrected chi connectivity index (χ3v) is 4.19. The predicted molar refractivity (Wildman–Crippen MR) is 104 cm³/mol. The number of ether oxygens (including phenoxy) is 1. The summed E-state index contributed by atoms with van der Waals surface area (Å²) in [6.07, 6.45) is 0.347. The standard InChI is InChI=1S/C21H18BrNO2/c22-18-8-6-16(7-9-18)14-21(24)23-19-10-12-20(13-11-19)25-15-17-4-2-1-3-5-17/h1-13H,14-15H2,(H,23,24). The summed E-state index contributed by atoms with van der Waals surface area (Å²) in [5.74, 6) is 0.732. The second kappa shape index (κ2) is 8.49. The maximum absolute atomic E-state index is 12.1. The van der Waals surface area contributed by atoms with Crippen molar-refractivity contribution in [3.63, 3.8) is 0 Å². The van der Waals surface area contributed by atoms with Crippen LogP contribution in [0.15, 0.2) is 83.3 Å². The molecular formula is C21H18BrNO2. The van der Waals surface area contributed by atoms with E-state index in [-0.39, 0.29) is 5.91 Å². The van der Waals surface area contributed by atoms with E-state index in [0.29, 0.717) is 13.0 Å². The highest BCUT2D eigenvalue weighted by atomic mass is 79.9. The fourth-order valence-electron chi connectivity index (χ4n) is 2.37. The number of benzene rings is 3. The van der Waals surface area contributed by atoms with E-state index in [1.54, 1.807) is 0 Å². The van der Waals surface area contributed by atoms with Gasteiger partial charge in [-0.25, -0.2) is 0 Å². The van der Waals surface area contributed by atoms with Crippen LogP contribution in [0.4, 0.5) is 5.69 Å². The zero-order chi connectivity index (χ0) is 17.5. The van der Waals surface area contributed by atoms with E-state index in [2.05, 4.69) is 21.2 Å². The molecule has 3 nitrogen and oxygen atoms in total. The van der Waals surface area contributed by atoms with Crippen molar-refractivity contribution in [1.29, 1.82) is 0 Å². The lowest BCUT2D eigenvalue weighted by molar-refractivity contribution is -0.115. The first-order chi connectivity index (χ1) is 12.2. The van der Waals surface area contributed by atoms with Crippen molar-refractivity contribution < 1.29 is 9.53 Å². The van der Waals surface area contributed by atoms with Gasteiger partial charge in [-0.15, -0.1) is 0 Å². The number of rotatable bonds is 6. The zero-order valence-corrected chi connectivity index (χ0v) is 15.2. The number of amides is 1. The van der Waals surface area contributed by atoms with Gasteiger partial charge in [0.25, 0.3) is 0 Å². The molecule has 0 saturated heterocycles. The summed E-state index contributed by atoms with van der Waals surface area (Å²) in [4.78, 5) is 12.1. The molecule has 0 spiro atoms. The van der Waals surface area contributed by atoms with Crippen molar-refractivity contribution >= 4 is 27.5 Å². The average Bonchev–Trinajstić information content (AvgIpc) is 2.64. The minimum absolute atomic E-state index is 0.0414. The van der Waals surface area contributed by atoms with Crippen LogP contribution in [0, 0.1) is 0 Å². The molecule has 0 saturated carbocycles. The summed E-state index contributed by atoms with van der Waals surface area (Å²) in [5.41, 5.74) is 2.85. The monoisotopic (exact) mass is 395 g/mol. The Morgan fingerprint density at radius 3 is 2.20 bits per heavy atom. The van der Waals surface area contributed by atoms with Gasteiger partial charge in [0, 0.05) is 10.2 Å². The number of nitrogens with one attached hydrogen (secondary N) is 1. The third kappa shape index (κ3) is 5.47. The Morgan fingerprint density at radius 1 is 0.840 bits per heavy atom. The molecule has 126 valence electrons. The molecule has 0 fully saturated rings. The Labute approximate surface area is 155 Å². The summed E-state index contributed by atoms with van der Waals surface area (Å²) < 4.78 is 6.74. The average molecular weight is 396 g/mol. The Kier molecular flexibility index (Phi) is 5.86. The van der Waals surface area contributed by atoms with Gasteiger partial charge in [-0.2, -0.15) is 0 Å². The molecule has 0 unspecified atom stereocenters. The molecule has 0 bridgehead atoms. The molecule has 1 N–H and O–H groups in total. The molecule has 4 heteroatoms. The van der Waals surface area contributed by atoms with Gasteiger partial charge in [-0.3, -0.25) is 4.79 Å². The van der Waals surface area contributed by atoms with Gasteiger partial charge in [0.15, 0.2) is 0 Å². The molecule has 3 aromatic rings. The molecule has 0 aliphatic rings. The maximum Gasteiger partial charge on any atom is 0.228 e. The molecule has 3 rings (SSSR count). The van der Waals surface area contributed by atoms with Crippen LogP contribution in [0.3, 0.4) is 0 Å². The molecule has 1 amide bonds. The number of hydrogen-bond acceptors (Lipinski definition) is 2. The fourth-order valence-corrected chi connectivity index (χ4v) is 2.63. The minimum Gasteiger partial charge on any atom is -0.489 e. The van der Waals surface area contributed by atoms with Gasteiger partial charge in [0.2, 0.25) is 5.91 Å². The summed E-state index contributed by atoms with van der Waals surface area (Å²) in [5, 5.41) is 2.90. The van der Waals surface area contributed by atoms with Gasteiger partial charge >= 0.3 is 0 Å². The number of anilines is 1. The Morgan fingerprint density at radius 2 is 1.52 bits per heavy atom. The van der Waals surface area contributed by atoms with Crippen molar-refractivity contribution in [2.24, 2.45) is 0 Å². The van der Waals surface area contributed by atoms with Crippen LogP contribution >= 0.6 is 15.9 Å². The van der Waals surface area contributed by atoms with Crippen LogP contribution in [0.1, 0.15) is 11.1 Å². The molecule has 0 heterocycles. The minimum atomic E-state index is -0.0414.